The third-order valence-corrected chi connectivity index (χ3v) is 2.78. The minimum absolute atomic E-state index is 0.0921. The molecule has 7 nitrogen and oxygen atoms in total. The first-order valence-corrected chi connectivity index (χ1v) is 5.24. The molecule has 0 amide bonds. The Kier molecular flexibility index (Phi) is 3.12. The number of nitrogens with zero attached hydrogens (tertiary/aromatic N) is 2. The van der Waals surface area contributed by atoms with E-state index in [1.807, 2.05) is 0 Å². The summed E-state index contributed by atoms with van der Waals surface area (Å²) in [6.07, 6.45) is 0. The number of benzene rings is 1. The van der Waals surface area contributed by atoms with E-state index in [4.69, 9.17) is 16.3 Å². The molecule has 0 aliphatic rings. The second kappa shape index (κ2) is 4.01. The largest absolute Gasteiger partial charge is 0.374 e. The summed E-state index contributed by atoms with van der Waals surface area (Å²) >= 11 is 5.22. The highest BCUT2D eigenvalue weighted by molar-refractivity contribution is 7.88. The molecule has 0 saturated heterocycles. The van der Waals surface area contributed by atoms with Gasteiger partial charge in [-0.1, -0.05) is 12.1 Å². The van der Waals surface area contributed by atoms with Crippen LogP contribution < -0.4 is 3.82 Å². The van der Waals surface area contributed by atoms with Gasteiger partial charge in [-0.05, 0) is 6.07 Å². The van der Waals surface area contributed by atoms with Crippen molar-refractivity contribution in [1.82, 2.24) is 0 Å². The van der Waals surface area contributed by atoms with Gasteiger partial charge in [-0.3, -0.25) is 14.7 Å². The van der Waals surface area contributed by atoms with Gasteiger partial charge in [0.2, 0.25) is 0 Å². The topological polar surface area (TPSA) is 101 Å². The minimum atomic E-state index is -4.72. The molecule has 1 aromatic carbocycles. The summed E-state index contributed by atoms with van der Waals surface area (Å²) in [5.74, 6) is 0. The van der Waals surface area contributed by atoms with Gasteiger partial charge in [0.1, 0.15) is 5.69 Å². The molecular weight excluding hydrogens is 248 g/mol. The van der Waals surface area contributed by atoms with Crippen molar-refractivity contribution >= 4 is 33.5 Å². The Bertz CT molecular complexity index is 488. The molecule has 0 fully saturated rings. The van der Waals surface area contributed by atoms with Gasteiger partial charge in [0.25, 0.3) is 5.69 Å². The molecule has 0 spiro atoms. The van der Waals surface area contributed by atoms with E-state index in [-0.39, 0.29) is 3.82 Å². The van der Waals surface area contributed by atoms with Crippen molar-refractivity contribution < 1.29 is 17.9 Å². The number of hydrogen-bond donors (Lipinski definition) is 1. The summed E-state index contributed by atoms with van der Waals surface area (Å²) in [4.78, 5) is 9.69. The molecule has 15 heavy (non-hydrogen) atoms. The van der Waals surface area contributed by atoms with Crippen LogP contribution in [0.1, 0.15) is 0 Å². The molecule has 1 N–H and O–H groups in total. The van der Waals surface area contributed by atoms with E-state index in [1.54, 1.807) is 0 Å². The summed E-state index contributed by atoms with van der Waals surface area (Å²) < 4.78 is 29.8. The van der Waals surface area contributed by atoms with Gasteiger partial charge in [-0.25, -0.2) is 0 Å². The Morgan fingerprint density at radius 1 is 1.40 bits per heavy atom. The molecule has 0 saturated carbocycles. The van der Waals surface area contributed by atoms with E-state index in [1.165, 1.54) is 12.1 Å². The molecule has 9 heteroatoms. The van der Waals surface area contributed by atoms with Gasteiger partial charge in [0.15, 0.2) is 0 Å². The van der Waals surface area contributed by atoms with Crippen LogP contribution in [-0.4, -0.2) is 17.9 Å². The highest BCUT2D eigenvalue weighted by Crippen LogP contribution is 2.30. The van der Waals surface area contributed by atoms with E-state index < -0.39 is 26.6 Å². The number of anilines is 1. The lowest BCUT2D eigenvalue weighted by Gasteiger charge is -2.10. The molecule has 1 rings (SSSR count). The van der Waals surface area contributed by atoms with E-state index in [0.29, 0.717) is 0 Å². The summed E-state index contributed by atoms with van der Waals surface area (Å²) in [7, 11) is -4.72. The Hall–Kier alpha value is -1.38. The Labute approximate surface area is 90.0 Å². The van der Waals surface area contributed by atoms with Gasteiger partial charge in [-0.2, -0.15) is 8.42 Å². The van der Waals surface area contributed by atoms with Crippen LogP contribution in [-0.2, 0) is 10.3 Å². The van der Waals surface area contributed by atoms with Crippen LogP contribution in [0.4, 0.5) is 11.4 Å². The SMILES string of the molecule is O=[N+]([O-])c1ccccc1N(Cl)S(=O)(=O)O. The smallest absolute Gasteiger partial charge is 0.268 e. The molecule has 0 unspecified atom stereocenters. The maximum atomic E-state index is 10.6. The average Bonchev–Trinajstić information content (AvgIpc) is 2.15. The predicted molar refractivity (Wildman–Crippen MR) is 53.0 cm³/mol. The van der Waals surface area contributed by atoms with Crippen molar-refractivity contribution in [3.8, 4) is 0 Å². The van der Waals surface area contributed by atoms with Gasteiger partial charge in [-0.15, -0.1) is 3.82 Å². The quantitative estimate of drug-likeness (QED) is 0.379. The second-order valence-corrected chi connectivity index (χ2v) is 4.24. The van der Waals surface area contributed by atoms with Gasteiger partial charge < -0.3 is 0 Å². The highest BCUT2D eigenvalue weighted by atomic mass is 35.5. The van der Waals surface area contributed by atoms with Crippen LogP contribution in [0.5, 0.6) is 0 Å². The Morgan fingerprint density at radius 2 is 1.93 bits per heavy atom. The average molecular weight is 253 g/mol. The van der Waals surface area contributed by atoms with Crippen molar-refractivity contribution in [2.24, 2.45) is 0 Å². The third-order valence-electron chi connectivity index (χ3n) is 1.47. The number of para-hydroxylation sites is 2. The van der Waals surface area contributed by atoms with Gasteiger partial charge >= 0.3 is 10.3 Å². The molecule has 0 aliphatic heterocycles. The second-order valence-electron chi connectivity index (χ2n) is 2.44. The fraction of sp³-hybridized carbons (Fsp3) is 0. The lowest BCUT2D eigenvalue weighted by atomic mass is 10.3. The van der Waals surface area contributed by atoms with Crippen molar-refractivity contribution in [3.63, 3.8) is 0 Å². The summed E-state index contributed by atoms with van der Waals surface area (Å²) in [6, 6.07) is 4.86. The lowest BCUT2D eigenvalue weighted by molar-refractivity contribution is -0.384. The van der Waals surface area contributed by atoms with Crippen LogP contribution in [0, 0.1) is 10.1 Å². The first kappa shape index (κ1) is 11.7. The zero-order chi connectivity index (χ0) is 11.6. The Balaban J connectivity index is 3.32. The molecule has 0 atom stereocenters. The fourth-order valence-electron chi connectivity index (χ4n) is 0.891. The van der Waals surface area contributed by atoms with E-state index in [2.05, 4.69) is 0 Å². The number of halogens is 1. The van der Waals surface area contributed by atoms with E-state index in [0.717, 1.165) is 12.1 Å². The van der Waals surface area contributed by atoms with Crippen molar-refractivity contribution in [3.05, 3.63) is 34.4 Å². The van der Waals surface area contributed by atoms with Crippen molar-refractivity contribution in [1.29, 1.82) is 0 Å². The molecule has 0 heterocycles. The molecular formula is C6H5ClN2O5S. The number of hydrogen-bond acceptors (Lipinski definition) is 4. The fourth-order valence-corrected chi connectivity index (χ4v) is 1.44. The summed E-state index contributed by atoms with van der Waals surface area (Å²) in [5, 5.41) is 10.5. The van der Waals surface area contributed by atoms with E-state index in [9.17, 15) is 18.5 Å². The zero-order valence-corrected chi connectivity index (χ0v) is 8.64. The first-order chi connectivity index (χ1) is 6.84. The van der Waals surface area contributed by atoms with Crippen LogP contribution in [0.2, 0.25) is 0 Å². The van der Waals surface area contributed by atoms with Crippen molar-refractivity contribution in [2.45, 2.75) is 0 Å². The van der Waals surface area contributed by atoms with Crippen LogP contribution in [0.15, 0.2) is 24.3 Å². The number of rotatable bonds is 3. The summed E-state index contributed by atoms with van der Waals surface area (Å²) in [5.41, 5.74) is -0.947. The molecule has 0 bridgehead atoms. The maximum Gasteiger partial charge on any atom is 0.374 e. The first-order valence-electron chi connectivity index (χ1n) is 3.51. The van der Waals surface area contributed by atoms with E-state index >= 15 is 0 Å². The molecule has 0 aromatic heterocycles. The minimum Gasteiger partial charge on any atom is -0.268 e. The molecule has 82 valence electrons. The molecule has 0 radical (unpaired) electrons. The van der Waals surface area contributed by atoms with Gasteiger partial charge in [0, 0.05) is 17.8 Å². The normalized spacial score (nSPS) is 11.1. The van der Waals surface area contributed by atoms with Crippen LogP contribution >= 0.6 is 11.8 Å². The monoisotopic (exact) mass is 252 g/mol. The van der Waals surface area contributed by atoms with Crippen LogP contribution in [0.25, 0.3) is 0 Å². The summed E-state index contributed by atoms with van der Waals surface area (Å²) in [6.45, 7) is 0. The van der Waals surface area contributed by atoms with Crippen molar-refractivity contribution in [2.75, 3.05) is 3.82 Å². The maximum absolute atomic E-state index is 10.6. The zero-order valence-electron chi connectivity index (χ0n) is 7.07. The standard InChI is InChI=1S/C6H5ClN2O5S/c7-8(15(12,13)14)5-3-1-2-4-6(5)9(10)11/h1-4H,(H,12,13,14). The number of nitro benzene ring substituents is 1. The third kappa shape index (κ3) is 2.55. The molecule has 1 aromatic rings. The van der Waals surface area contributed by atoms with Crippen LogP contribution in [0.3, 0.4) is 0 Å². The lowest BCUT2D eigenvalue weighted by Crippen LogP contribution is -2.20. The Morgan fingerprint density at radius 3 is 2.40 bits per heavy atom. The highest BCUT2D eigenvalue weighted by Gasteiger charge is 2.25. The molecule has 0 aliphatic carbocycles. The van der Waals surface area contributed by atoms with Gasteiger partial charge in [0.05, 0.1) is 4.92 Å². The predicted octanol–water partition coefficient (Wildman–Crippen LogP) is 1.36. The number of nitro groups is 1.